The molecule has 1 N–H and O–H groups in total. The van der Waals surface area contributed by atoms with E-state index in [9.17, 15) is 9.18 Å². The van der Waals surface area contributed by atoms with Crippen LogP contribution in [-0.2, 0) is 0 Å². The summed E-state index contributed by atoms with van der Waals surface area (Å²) in [5.74, 6) is -0.799. The largest absolute Gasteiger partial charge is 0.345 e. The third kappa shape index (κ3) is 3.90. The van der Waals surface area contributed by atoms with Crippen LogP contribution in [0.4, 0.5) is 4.39 Å². The monoisotopic (exact) mass is 343 g/mol. The molecule has 0 heterocycles. The maximum atomic E-state index is 13.1. The number of hydrogen-bond acceptors (Lipinski definition) is 2. The Morgan fingerprint density at radius 2 is 1.95 bits per heavy atom. The van der Waals surface area contributed by atoms with Gasteiger partial charge in [-0.05, 0) is 42.8 Å². The van der Waals surface area contributed by atoms with Gasteiger partial charge in [-0.3, -0.25) is 4.79 Å². The molecular formula is C15H12Cl2FNOS. The number of hydrogen-bond donors (Lipinski definition) is 2. The van der Waals surface area contributed by atoms with Gasteiger partial charge in [-0.15, -0.1) is 12.6 Å². The molecule has 0 radical (unpaired) electrons. The van der Waals surface area contributed by atoms with Crippen molar-refractivity contribution >= 4 is 41.7 Å². The molecule has 2 rings (SSSR count). The SMILES string of the molecule is CC(NC(=O)c1ccc(F)c(S)c1)c1ccc(Cl)cc1Cl. The van der Waals surface area contributed by atoms with Crippen LogP contribution in [0, 0.1) is 5.82 Å². The molecule has 6 heteroatoms. The van der Waals surface area contributed by atoms with Crippen LogP contribution >= 0.6 is 35.8 Å². The van der Waals surface area contributed by atoms with Crippen LogP contribution in [0.15, 0.2) is 41.3 Å². The fraction of sp³-hybridized carbons (Fsp3) is 0.133. The molecule has 1 atom stereocenters. The molecule has 21 heavy (non-hydrogen) atoms. The van der Waals surface area contributed by atoms with Crippen LogP contribution in [0.2, 0.25) is 10.0 Å². The Morgan fingerprint density at radius 3 is 2.57 bits per heavy atom. The first kappa shape index (κ1) is 16.1. The highest BCUT2D eigenvalue weighted by Crippen LogP contribution is 2.26. The molecule has 0 aliphatic rings. The Morgan fingerprint density at radius 1 is 1.24 bits per heavy atom. The highest BCUT2D eigenvalue weighted by atomic mass is 35.5. The molecule has 2 aromatic carbocycles. The summed E-state index contributed by atoms with van der Waals surface area (Å²) in [5, 5.41) is 3.80. The second-order valence-corrected chi connectivity index (χ2v) is 5.85. The van der Waals surface area contributed by atoms with Gasteiger partial charge < -0.3 is 5.32 Å². The highest BCUT2D eigenvalue weighted by molar-refractivity contribution is 7.80. The topological polar surface area (TPSA) is 29.1 Å². The van der Waals surface area contributed by atoms with E-state index in [1.54, 1.807) is 25.1 Å². The number of halogens is 3. The van der Waals surface area contributed by atoms with Crippen LogP contribution < -0.4 is 5.32 Å². The summed E-state index contributed by atoms with van der Waals surface area (Å²) in [4.78, 5) is 12.3. The molecule has 0 aromatic heterocycles. The predicted molar refractivity (Wildman–Crippen MR) is 86.0 cm³/mol. The summed E-state index contributed by atoms with van der Waals surface area (Å²) in [7, 11) is 0. The fourth-order valence-corrected chi connectivity index (χ4v) is 2.65. The van der Waals surface area contributed by atoms with Gasteiger partial charge in [-0.2, -0.15) is 0 Å². The second-order valence-electron chi connectivity index (χ2n) is 4.53. The summed E-state index contributed by atoms with van der Waals surface area (Å²) in [6, 6.07) is 8.75. The Balaban J connectivity index is 2.16. The van der Waals surface area contributed by atoms with E-state index in [1.807, 2.05) is 0 Å². The highest BCUT2D eigenvalue weighted by Gasteiger charge is 2.15. The molecule has 1 amide bonds. The number of rotatable bonds is 3. The minimum atomic E-state index is -0.469. The van der Waals surface area contributed by atoms with E-state index in [4.69, 9.17) is 23.2 Å². The third-order valence-corrected chi connectivity index (χ3v) is 3.89. The Hall–Kier alpha value is -1.23. The van der Waals surface area contributed by atoms with Crippen LogP contribution in [0.1, 0.15) is 28.9 Å². The average Bonchev–Trinajstić information content (AvgIpc) is 2.41. The second kappa shape index (κ2) is 6.69. The zero-order valence-corrected chi connectivity index (χ0v) is 13.4. The van der Waals surface area contributed by atoms with Crippen molar-refractivity contribution in [1.29, 1.82) is 0 Å². The smallest absolute Gasteiger partial charge is 0.251 e. The lowest BCUT2D eigenvalue weighted by molar-refractivity contribution is 0.0939. The molecule has 0 spiro atoms. The van der Waals surface area contributed by atoms with Crippen molar-refractivity contribution in [1.82, 2.24) is 5.32 Å². The summed E-state index contributed by atoms with van der Waals surface area (Å²) < 4.78 is 13.1. The number of benzene rings is 2. The van der Waals surface area contributed by atoms with Crippen LogP contribution in [0.3, 0.4) is 0 Å². The van der Waals surface area contributed by atoms with E-state index in [0.29, 0.717) is 15.6 Å². The van der Waals surface area contributed by atoms with Gasteiger partial charge in [0.05, 0.1) is 6.04 Å². The van der Waals surface area contributed by atoms with Gasteiger partial charge in [0, 0.05) is 20.5 Å². The van der Waals surface area contributed by atoms with E-state index < -0.39 is 5.82 Å². The molecule has 0 bridgehead atoms. The first-order valence-corrected chi connectivity index (χ1v) is 7.33. The van der Waals surface area contributed by atoms with E-state index in [0.717, 1.165) is 5.56 Å². The quantitative estimate of drug-likeness (QED) is 0.761. The molecule has 0 aliphatic heterocycles. The Bertz CT molecular complexity index is 693. The zero-order valence-electron chi connectivity index (χ0n) is 11.0. The number of thiol groups is 1. The lowest BCUT2D eigenvalue weighted by Gasteiger charge is -2.16. The predicted octanol–water partition coefficient (Wildman–Crippen LogP) is 4.91. The van der Waals surface area contributed by atoms with Crippen molar-refractivity contribution < 1.29 is 9.18 Å². The summed E-state index contributed by atoms with van der Waals surface area (Å²) in [6.07, 6.45) is 0. The molecule has 0 fully saturated rings. The van der Waals surface area contributed by atoms with Gasteiger partial charge in [0.1, 0.15) is 5.82 Å². The molecule has 0 saturated carbocycles. The minimum Gasteiger partial charge on any atom is -0.345 e. The van der Waals surface area contributed by atoms with Gasteiger partial charge >= 0.3 is 0 Å². The summed E-state index contributed by atoms with van der Waals surface area (Å²) >= 11 is 15.9. The first-order valence-electron chi connectivity index (χ1n) is 6.13. The molecule has 0 saturated heterocycles. The van der Waals surface area contributed by atoms with E-state index in [2.05, 4.69) is 17.9 Å². The van der Waals surface area contributed by atoms with Gasteiger partial charge in [0.25, 0.3) is 5.91 Å². The number of carbonyl (C=O) groups is 1. The molecular weight excluding hydrogens is 332 g/mol. The lowest BCUT2D eigenvalue weighted by atomic mass is 10.1. The van der Waals surface area contributed by atoms with Crippen LogP contribution in [0.5, 0.6) is 0 Å². The Kier molecular flexibility index (Phi) is 5.14. The van der Waals surface area contributed by atoms with Gasteiger partial charge in [0.2, 0.25) is 0 Å². The molecule has 0 aliphatic carbocycles. The normalized spacial score (nSPS) is 12.0. The molecule has 1 unspecified atom stereocenters. The zero-order chi connectivity index (χ0) is 15.6. The average molecular weight is 344 g/mol. The van der Waals surface area contributed by atoms with Gasteiger partial charge in [-0.1, -0.05) is 29.3 Å². The number of carbonyl (C=O) groups excluding carboxylic acids is 1. The van der Waals surface area contributed by atoms with Crippen molar-refractivity contribution in [3.05, 3.63) is 63.4 Å². The maximum Gasteiger partial charge on any atom is 0.251 e. The van der Waals surface area contributed by atoms with Crippen molar-refractivity contribution in [3.63, 3.8) is 0 Å². The van der Waals surface area contributed by atoms with Crippen LogP contribution in [-0.4, -0.2) is 5.91 Å². The third-order valence-electron chi connectivity index (χ3n) is 2.98. The standard InChI is InChI=1S/C15H12Cl2FNOS/c1-8(11-4-3-10(16)7-12(11)17)19-15(20)9-2-5-13(18)14(21)6-9/h2-8,21H,1H3,(H,19,20). The van der Waals surface area contributed by atoms with Crippen molar-refractivity contribution in [3.8, 4) is 0 Å². The van der Waals surface area contributed by atoms with E-state index in [-0.39, 0.29) is 16.8 Å². The summed E-state index contributed by atoms with van der Waals surface area (Å²) in [6.45, 7) is 1.80. The van der Waals surface area contributed by atoms with Gasteiger partial charge in [0.15, 0.2) is 0 Å². The molecule has 110 valence electrons. The van der Waals surface area contributed by atoms with Gasteiger partial charge in [-0.25, -0.2) is 4.39 Å². The Labute approximate surface area is 137 Å². The lowest BCUT2D eigenvalue weighted by Crippen LogP contribution is -2.26. The molecule has 2 nitrogen and oxygen atoms in total. The number of amides is 1. The molecule has 2 aromatic rings. The minimum absolute atomic E-state index is 0.125. The first-order chi connectivity index (χ1) is 9.88. The number of nitrogens with one attached hydrogen (secondary N) is 1. The van der Waals surface area contributed by atoms with E-state index in [1.165, 1.54) is 18.2 Å². The van der Waals surface area contributed by atoms with Crippen LogP contribution in [0.25, 0.3) is 0 Å². The fourth-order valence-electron chi connectivity index (χ4n) is 1.86. The van der Waals surface area contributed by atoms with Crippen molar-refractivity contribution in [2.45, 2.75) is 17.9 Å². The maximum absolute atomic E-state index is 13.1. The van der Waals surface area contributed by atoms with E-state index >= 15 is 0 Å². The van der Waals surface area contributed by atoms with Crippen molar-refractivity contribution in [2.24, 2.45) is 0 Å². The van der Waals surface area contributed by atoms with Crippen molar-refractivity contribution in [2.75, 3.05) is 0 Å². The summed E-state index contributed by atoms with van der Waals surface area (Å²) in [5.41, 5.74) is 1.08.